The van der Waals surface area contributed by atoms with Crippen molar-refractivity contribution in [3.8, 4) is 27.8 Å². The van der Waals surface area contributed by atoms with E-state index >= 15 is 0 Å². The SMILES string of the molecule is Cc1cc(-c2sc(NC(=O)N3CCN(C(=O)OC(C)(C)C)C[C@@H]3C)nc2-c2cccc(C#N)c2)cc(C)n1. The van der Waals surface area contributed by atoms with Gasteiger partial charge in [-0.25, -0.2) is 14.6 Å². The minimum Gasteiger partial charge on any atom is -0.444 e. The third kappa shape index (κ3) is 6.29. The number of hydrogen-bond acceptors (Lipinski definition) is 7. The van der Waals surface area contributed by atoms with Crippen LogP contribution in [-0.2, 0) is 4.74 Å². The molecule has 198 valence electrons. The molecule has 3 heterocycles. The summed E-state index contributed by atoms with van der Waals surface area (Å²) in [6.45, 7) is 12.4. The van der Waals surface area contributed by atoms with Crippen LogP contribution in [0.4, 0.5) is 14.7 Å². The number of nitrogens with zero attached hydrogens (tertiary/aromatic N) is 5. The van der Waals surface area contributed by atoms with Crippen LogP contribution in [0.3, 0.4) is 0 Å². The van der Waals surface area contributed by atoms with E-state index in [1.54, 1.807) is 21.9 Å². The second-order valence-corrected chi connectivity index (χ2v) is 11.4. The lowest BCUT2D eigenvalue weighted by Crippen LogP contribution is -2.57. The van der Waals surface area contributed by atoms with Gasteiger partial charge in [-0.2, -0.15) is 5.26 Å². The number of anilines is 1. The Hall–Kier alpha value is -3.97. The van der Waals surface area contributed by atoms with Gasteiger partial charge in [0.25, 0.3) is 0 Å². The first-order chi connectivity index (χ1) is 17.9. The molecule has 1 aliphatic heterocycles. The quantitative estimate of drug-likeness (QED) is 0.454. The lowest BCUT2D eigenvalue weighted by molar-refractivity contribution is 0.0112. The van der Waals surface area contributed by atoms with E-state index in [1.807, 2.05) is 65.8 Å². The van der Waals surface area contributed by atoms with Crippen LogP contribution >= 0.6 is 11.3 Å². The van der Waals surface area contributed by atoms with Crippen molar-refractivity contribution in [3.63, 3.8) is 0 Å². The zero-order valence-electron chi connectivity index (χ0n) is 22.5. The number of aromatic nitrogens is 2. The molecule has 0 spiro atoms. The van der Waals surface area contributed by atoms with Crippen molar-refractivity contribution in [1.29, 1.82) is 5.26 Å². The van der Waals surface area contributed by atoms with Gasteiger partial charge in [-0.15, -0.1) is 0 Å². The summed E-state index contributed by atoms with van der Waals surface area (Å²) in [4.78, 5) is 39.2. The van der Waals surface area contributed by atoms with Gasteiger partial charge in [0.05, 0.1) is 22.2 Å². The van der Waals surface area contributed by atoms with E-state index in [1.165, 1.54) is 11.3 Å². The van der Waals surface area contributed by atoms with Crippen molar-refractivity contribution >= 4 is 28.6 Å². The summed E-state index contributed by atoms with van der Waals surface area (Å²) < 4.78 is 5.49. The van der Waals surface area contributed by atoms with E-state index in [0.717, 1.165) is 27.4 Å². The van der Waals surface area contributed by atoms with E-state index in [0.29, 0.717) is 36.0 Å². The number of rotatable bonds is 3. The third-order valence-corrected chi connectivity index (χ3v) is 7.01. The number of carbonyl (C=O) groups is 2. The molecule has 4 rings (SSSR count). The van der Waals surface area contributed by atoms with Crippen LogP contribution in [0.25, 0.3) is 21.7 Å². The van der Waals surface area contributed by atoms with Gasteiger partial charge in [0.1, 0.15) is 5.60 Å². The Bertz CT molecular complexity index is 1380. The molecule has 1 aliphatic rings. The van der Waals surface area contributed by atoms with E-state index in [9.17, 15) is 14.9 Å². The Morgan fingerprint density at radius 1 is 1.11 bits per heavy atom. The zero-order valence-corrected chi connectivity index (χ0v) is 23.3. The molecule has 0 bridgehead atoms. The number of amides is 3. The average Bonchev–Trinajstić information content (AvgIpc) is 3.26. The highest BCUT2D eigenvalue weighted by atomic mass is 32.1. The first-order valence-electron chi connectivity index (χ1n) is 12.5. The number of piperazine rings is 1. The number of benzene rings is 1. The van der Waals surface area contributed by atoms with Gasteiger partial charge in [-0.3, -0.25) is 10.3 Å². The maximum atomic E-state index is 13.3. The van der Waals surface area contributed by atoms with Crippen molar-refractivity contribution in [2.75, 3.05) is 25.0 Å². The van der Waals surface area contributed by atoms with Crippen LogP contribution in [0.2, 0.25) is 0 Å². The molecule has 38 heavy (non-hydrogen) atoms. The van der Waals surface area contributed by atoms with Crippen LogP contribution in [-0.4, -0.2) is 63.2 Å². The number of nitrogens with one attached hydrogen (secondary N) is 1. The molecular formula is C28H32N6O3S. The molecule has 9 nitrogen and oxygen atoms in total. The van der Waals surface area contributed by atoms with Crippen molar-refractivity contribution in [2.45, 2.75) is 53.2 Å². The lowest BCUT2D eigenvalue weighted by Gasteiger charge is -2.39. The van der Waals surface area contributed by atoms with Crippen molar-refractivity contribution < 1.29 is 14.3 Å². The second-order valence-electron chi connectivity index (χ2n) is 10.4. The van der Waals surface area contributed by atoms with Gasteiger partial charge < -0.3 is 14.5 Å². The molecular weight excluding hydrogens is 500 g/mol. The first kappa shape index (κ1) is 27.1. The number of hydrogen-bond donors (Lipinski definition) is 1. The fourth-order valence-corrected chi connectivity index (χ4v) is 5.35. The van der Waals surface area contributed by atoms with Crippen LogP contribution in [0.1, 0.15) is 44.6 Å². The molecule has 2 aromatic heterocycles. The summed E-state index contributed by atoms with van der Waals surface area (Å²) in [6, 6.07) is 12.9. The van der Waals surface area contributed by atoms with E-state index in [2.05, 4.69) is 16.4 Å². The van der Waals surface area contributed by atoms with E-state index < -0.39 is 5.60 Å². The Labute approximate surface area is 227 Å². The second kappa shape index (κ2) is 10.8. The number of nitriles is 1. The number of pyridine rings is 1. The fourth-order valence-electron chi connectivity index (χ4n) is 4.38. The maximum Gasteiger partial charge on any atom is 0.410 e. The smallest absolute Gasteiger partial charge is 0.410 e. The molecule has 0 saturated carbocycles. The van der Waals surface area contributed by atoms with Gasteiger partial charge >= 0.3 is 12.1 Å². The third-order valence-electron chi connectivity index (χ3n) is 5.99. The standard InChI is InChI=1S/C28H32N6O3S/c1-17-12-22(13-18(2)30-17)24-23(21-9-7-8-20(14-21)15-29)31-25(38-24)32-26(35)34-11-10-33(16-19(34)3)27(36)37-28(4,5)6/h7-9,12-14,19H,10-11,16H2,1-6H3,(H,31,32,35)/t19-/m0/s1. The first-order valence-corrected chi connectivity index (χ1v) is 13.3. The largest absolute Gasteiger partial charge is 0.444 e. The van der Waals surface area contributed by atoms with E-state index in [4.69, 9.17) is 9.72 Å². The number of urea groups is 1. The van der Waals surface area contributed by atoms with Crippen molar-refractivity contribution in [1.82, 2.24) is 19.8 Å². The maximum absolute atomic E-state index is 13.3. The topological polar surface area (TPSA) is 111 Å². The van der Waals surface area contributed by atoms with E-state index in [-0.39, 0.29) is 18.2 Å². The van der Waals surface area contributed by atoms with Crippen molar-refractivity contribution in [2.24, 2.45) is 0 Å². The average molecular weight is 533 g/mol. The molecule has 10 heteroatoms. The molecule has 3 aromatic rings. The molecule has 1 atom stereocenters. The number of aryl methyl sites for hydroxylation is 2. The summed E-state index contributed by atoms with van der Waals surface area (Å²) in [6.07, 6.45) is -0.374. The number of ether oxygens (including phenoxy) is 1. The molecule has 0 aliphatic carbocycles. The van der Waals surface area contributed by atoms with Gasteiger partial charge in [-0.05, 0) is 71.4 Å². The predicted molar refractivity (Wildman–Crippen MR) is 148 cm³/mol. The molecule has 1 saturated heterocycles. The highest BCUT2D eigenvalue weighted by Crippen LogP contribution is 2.40. The molecule has 0 unspecified atom stereocenters. The van der Waals surface area contributed by atoms with Crippen LogP contribution in [0, 0.1) is 25.2 Å². The van der Waals surface area contributed by atoms with Crippen LogP contribution in [0.5, 0.6) is 0 Å². The highest BCUT2D eigenvalue weighted by Gasteiger charge is 2.32. The Balaban J connectivity index is 1.58. The summed E-state index contributed by atoms with van der Waals surface area (Å²) in [5.41, 5.74) is 4.15. The minimum absolute atomic E-state index is 0.201. The Morgan fingerprint density at radius 3 is 2.45 bits per heavy atom. The zero-order chi connectivity index (χ0) is 27.6. The van der Waals surface area contributed by atoms with Gasteiger partial charge in [0.15, 0.2) is 5.13 Å². The Morgan fingerprint density at radius 2 is 1.82 bits per heavy atom. The monoisotopic (exact) mass is 532 g/mol. The Kier molecular flexibility index (Phi) is 7.69. The van der Waals surface area contributed by atoms with Gasteiger partial charge in [0, 0.05) is 42.6 Å². The molecule has 1 fully saturated rings. The number of carbonyl (C=O) groups excluding carboxylic acids is 2. The lowest BCUT2D eigenvalue weighted by atomic mass is 10.0. The fraction of sp³-hybridized carbons (Fsp3) is 0.393. The van der Waals surface area contributed by atoms with Gasteiger partial charge in [0.2, 0.25) is 0 Å². The predicted octanol–water partition coefficient (Wildman–Crippen LogP) is 5.83. The normalized spacial score (nSPS) is 15.7. The van der Waals surface area contributed by atoms with Crippen LogP contribution in [0.15, 0.2) is 36.4 Å². The minimum atomic E-state index is -0.576. The summed E-state index contributed by atoms with van der Waals surface area (Å²) in [5.74, 6) is 0. The van der Waals surface area contributed by atoms with Gasteiger partial charge in [-0.1, -0.05) is 23.5 Å². The highest BCUT2D eigenvalue weighted by molar-refractivity contribution is 7.19. The molecule has 0 radical (unpaired) electrons. The van der Waals surface area contributed by atoms with Crippen molar-refractivity contribution in [3.05, 3.63) is 53.3 Å². The summed E-state index contributed by atoms with van der Waals surface area (Å²) >= 11 is 1.38. The summed E-state index contributed by atoms with van der Waals surface area (Å²) in [7, 11) is 0. The molecule has 3 amide bonds. The summed E-state index contributed by atoms with van der Waals surface area (Å²) in [5, 5.41) is 12.8. The number of thiazole rings is 1. The molecule has 1 N–H and O–H groups in total. The molecule has 1 aromatic carbocycles. The van der Waals surface area contributed by atoms with Crippen LogP contribution < -0.4 is 5.32 Å².